The molecule has 8 heteroatoms. The number of aromatic nitrogens is 1. The van der Waals surface area contributed by atoms with Crippen molar-refractivity contribution in [3.63, 3.8) is 0 Å². The number of H-pyrrole nitrogens is 1. The lowest BCUT2D eigenvalue weighted by Crippen LogP contribution is -2.51. The Hall–Kier alpha value is -3.29. The Morgan fingerprint density at radius 1 is 1.06 bits per heavy atom. The number of hydrogen-bond donors (Lipinski definition) is 3. The molecule has 2 fully saturated rings. The number of hydrogen-bond acceptors (Lipinski definition) is 2. The summed E-state index contributed by atoms with van der Waals surface area (Å²) in [5, 5.41) is 5.95. The van der Waals surface area contributed by atoms with Gasteiger partial charge in [0.1, 0.15) is 17.5 Å². The summed E-state index contributed by atoms with van der Waals surface area (Å²) in [6.45, 7) is 0.459. The maximum Gasteiger partial charge on any atom is 0.315 e. The first-order valence-corrected chi connectivity index (χ1v) is 10.7. The Balaban J connectivity index is 1.33. The van der Waals surface area contributed by atoms with Crippen molar-refractivity contribution in [2.75, 3.05) is 6.54 Å². The van der Waals surface area contributed by atoms with Crippen LogP contribution in [0, 0.1) is 23.4 Å². The second-order valence-corrected chi connectivity index (χ2v) is 8.68. The van der Waals surface area contributed by atoms with Gasteiger partial charge in [0, 0.05) is 24.4 Å². The summed E-state index contributed by atoms with van der Waals surface area (Å²) in [7, 11) is 0. The summed E-state index contributed by atoms with van der Waals surface area (Å²) in [6, 6.07) is 7.33. The fourth-order valence-electron chi connectivity index (χ4n) is 4.65. The molecule has 0 aliphatic heterocycles. The largest absolute Gasteiger partial charge is 0.352 e. The molecule has 32 heavy (non-hydrogen) atoms. The van der Waals surface area contributed by atoms with Crippen molar-refractivity contribution < 1.29 is 22.8 Å². The van der Waals surface area contributed by atoms with Crippen LogP contribution >= 0.6 is 0 Å². The fraction of sp³-hybridized carbons (Fsp3) is 0.333. The van der Waals surface area contributed by atoms with Crippen LogP contribution in [0.25, 0.3) is 22.2 Å². The van der Waals surface area contributed by atoms with E-state index in [1.807, 2.05) is 0 Å². The normalized spacial score (nSPS) is 22.3. The quantitative estimate of drug-likeness (QED) is 0.533. The van der Waals surface area contributed by atoms with Gasteiger partial charge in [-0.25, -0.2) is 18.0 Å². The lowest BCUT2D eigenvalue weighted by atomic mass is 9.70. The second kappa shape index (κ2) is 8.00. The number of benzene rings is 2. The van der Waals surface area contributed by atoms with Crippen LogP contribution in [-0.2, 0) is 4.79 Å². The molecule has 166 valence electrons. The van der Waals surface area contributed by atoms with Crippen LogP contribution in [-0.4, -0.2) is 29.4 Å². The topological polar surface area (TPSA) is 74.0 Å². The molecule has 0 saturated heterocycles. The monoisotopic (exact) mass is 441 g/mol. The van der Waals surface area contributed by atoms with Gasteiger partial charge >= 0.3 is 6.03 Å². The molecule has 2 saturated carbocycles. The lowest BCUT2D eigenvalue weighted by molar-refractivity contribution is -0.126. The Bertz CT molecular complexity index is 1200. The molecule has 0 bridgehead atoms. The Morgan fingerprint density at radius 2 is 1.81 bits per heavy atom. The number of Topliss-reactive ketones (excluding diaryl/α,β-unsaturated/α-hetero) is 1. The number of ketones is 1. The number of rotatable bonds is 5. The van der Waals surface area contributed by atoms with E-state index < -0.39 is 11.6 Å². The summed E-state index contributed by atoms with van der Waals surface area (Å²) < 4.78 is 41.9. The van der Waals surface area contributed by atoms with Crippen molar-refractivity contribution in [3.05, 3.63) is 59.4 Å². The van der Waals surface area contributed by atoms with E-state index in [0.29, 0.717) is 36.0 Å². The smallest absolute Gasteiger partial charge is 0.315 e. The molecule has 3 N–H and O–H groups in total. The average Bonchev–Trinajstić information content (AvgIpc) is 3.09. The van der Waals surface area contributed by atoms with Crippen molar-refractivity contribution in [3.8, 4) is 11.3 Å². The SMILES string of the molecule is O=C(NCC1CC(c2c(-c3ccc(F)cc3)[nH]c3c(F)cc(F)cc23)C1)N[C@H]1CCC1=O. The summed E-state index contributed by atoms with van der Waals surface area (Å²) >= 11 is 0. The molecule has 2 aliphatic carbocycles. The zero-order valence-corrected chi connectivity index (χ0v) is 17.2. The van der Waals surface area contributed by atoms with Crippen molar-refractivity contribution >= 4 is 22.7 Å². The van der Waals surface area contributed by atoms with E-state index in [-0.39, 0.29) is 41.0 Å². The Labute approximate surface area is 182 Å². The molecule has 1 heterocycles. The zero-order valence-electron chi connectivity index (χ0n) is 17.2. The average molecular weight is 441 g/mol. The molecular formula is C24H22F3N3O2. The van der Waals surface area contributed by atoms with Crippen LogP contribution in [0.2, 0.25) is 0 Å². The van der Waals surface area contributed by atoms with Gasteiger partial charge in [-0.15, -0.1) is 0 Å². The van der Waals surface area contributed by atoms with Gasteiger partial charge in [0.05, 0.1) is 17.3 Å². The van der Waals surface area contributed by atoms with Crippen LogP contribution < -0.4 is 10.6 Å². The number of aromatic amines is 1. The van der Waals surface area contributed by atoms with Gasteiger partial charge < -0.3 is 15.6 Å². The molecule has 5 rings (SSSR count). The highest BCUT2D eigenvalue weighted by molar-refractivity contribution is 5.93. The first-order chi connectivity index (χ1) is 15.4. The van der Waals surface area contributed by atoms with E-state index in [4.69, 9.17) is 0 Å². The van der Waals surface area contributed by atoms with E-state index >= 15 is 0 Å². The second-order valence-electron chi connectivity index (χ2n) is 8.68. The number of urea groups is 1. The highest BCUT2D eigenvalue weighted by Gasteiger charge is 2.35. The fourth-order valence-corrected chi connectivity index (χ4v) is 4.65. The Morgan fingerprint density at radius 3 is 2.47 bits per heavy atom. The molecule has 3 aromatic rings. The predicted molar refractivity (Wildman–Crippen MR) is 114 cm³/mol. The van der Waals surface area contributed by atoms with E-state index in [1.54, 1.807) is 12.1 Å². The third-order valence-corrected chi connectivity index (χ3v) is 6.57. The molecule has 5 nitrogen and oxygen atoms in total. The summed E-state index contributed by atoms with van der Waals surface area (Å²) in [5.74, 6) is -1.38. The van der Waals surface area contributed by atoms with E-state index in [1.165, 1.54) is 18.2 Å². The first kappa shape index (κ1) is 20.6. The number of halogens is 3. The van der Waals surface area contributed by atoms with Gasteiger partial charge in [-0.2, -0.15) is 0 Å². The van der Waals surface area contributed by atoms with Crippen LogP contribution in [0.3, 0.4) is 0 Å². The summed E-state index contributed by atoms with van der Waals surface area (Å²) in [6.07, 6.45) is 2.67. The third kappa shape index (κ3) is 3.74. The van der Waals surface area contributed by atoms with Crippen molar-refractivity contribution in [2.45, 2.75) is 37.6 Å². The first-order valence-electron chi connectivity index (χ1n) is 10.7. The number of nitrogens with one attached hydrogen (secondary N) is 3. The molecule has 2 aromatic carbocycles. The van der Waals surface area contributed by atoms with E-state index in [9.17, 15) is 22.8 Å². The minimum atomic E-state index is -0.672. The molecule has 2 amide bonds. The van der Waals surface area contributed by atoms with Gasteiger partial charge in [-0.1, -0.05) is 0 Å². The Kier molecular flexibility index (Phi) is 5.15. The highest BCUT2D eigenvalue weighted by atomic mass is 19.1. The summed E-state index contributed by atoms with van der Waals surface area (Å²) in [5.41, 5.74) is 2.39. The molecule has 1 atom stereocenters. The molecule has 0 unspecified atom stereocenters. The van der Waals surface area contributed by atoms with E-state index in [2.05, 4.69) is 15.6 Å². The number of amides is 2. The molecule has 2 aliphatic rings. The summed E-state index contributed by atoms with van der Waals surface area (Å²) in [4.78, 5) is 26.4. The van der Waals surface area contributed by atoms with Crippen LogP contribution in [0.5, 0.6) is 0 Å². The predicted octanol–water partition coefficient (Wildman–Crippen LogP) is 4.78. The van der Waals surface area contributed by atoms with Crippen LogP contribution in [0.1, 0.15) is 37.2 Å². The number of carbonyl (C=O) groups is 2. The number of fused-ring (bicyclic) bond motifs is 1. The van der Waals surface area contributed by atoms with Gasteiger partial charge in [-0.3, -0.25) is 4.79 Å². The van der Waals surface area contributed by atoms with Gasteiger partial charge in [-0.05, 0) is 72.6 Å². The van der Waals surface area contributed by atoms with Crippen LogP contribution in [0.4, 0.5) is 18.0 Å². The molecule has 0 spiro atoms. The number of carbonyl (C=O) groups excluding carboxylic acids is 2. The minimum Gasteiger partial charge on any atom is -0.352 e. The minimum absolute atomic E-state index is 0.0491. The van der Waals surface area contributed by atoms with Gasteiger partial charge in [0.25, 0.3) is 0 Å². The molecule has 1 aromatic heterocycles. The maximum absolute atomic E-state index is 14.4. The molecular weight excluding hydrogens is 419 g/mol. The van der Waals surface area contributed by atoms with Gasteiger partial charge in [0.15, 0.2) is 5.78 Å². The van der Waals surface area contributed by atoms with E-state index in [0.717, 1.165) is 24.5 Å². The maximum atomic E-state index is 14.4. The highest BCUT2D eigenvalue weighted by Crippen LogP contribution is 2.48. The standard InChI is InChI=1S/C24H22F3N3O2/c25-15-3-1-13(2-4-15)22-21(17-9-16(26)10-18(27)23(17)30-22)14-7-12(8-14)11-28-24(32)29-19-5-6-20(19)31/h1-4,9-10,12,14,19,30H,5-8,11H2,(H2,28,29,32)/t12?,14?,19-/m0/s1. The lowest BCUT2D eigenvalue weighted by Gasteiger charge is -2.36. The van der Waals surface area contributed by atoms with Crippen molar-refractivity contribution in [1.82, 2.24) is 15.6 Å². The third-order valence-electron chi connectivity index (χ3n) is 6.57. The van der Waals surface area contributed by atoms with Crippen LogP contribution in [0.15, 0.2) is 36.4 Å². The zero-order chi connectivity index (χ0) is 22.4. The van der Waals surface area contributed by atoms with Crippen molar-refractivity contribution in [1.29, 1.82) is 0 Å². The van der Waals surface area contributed by atoms with Crippen molar-refractivity contribution in [2.24, 2.45) is 5.92 Å². The van der Waals surface area contributed by atoms with Gasteiger partial charge in [0.2, 0.25) is 0 Å². The molecule has 0 radical (unpaired) electrons.